The van der Waals surface area contributed by atoms with Gasteiger partial charge in [-0.15, -0.1) is 0 Å². The first kappa shape index (κ1) is 31.0. The Balaban J connectivity index is 1.03. The van der Waals surface area contributed by atoms with E-state index in [2.05, 4.69) is 188 Å². The first-order chi connectivity index (χ1) is 27.7. The molecule has 1 aromatic heterocycles. The van der Waals surface area contributed by atoms with Gasteiger partial charge in [-0.3, -0.25) is 0 Å². The molecule has 2 heteroatoms. The molecule has 11 aromatic rings. The Morgan fingerprint density at radius 2 is 0.821 bits per heavy atom. The first-order valence-corrected chi connectivity index (χ1v) is 19.2. The SMILES string of the molecule is c1ccc2cc(-c3c4ccccc4c(-c4ccc5ccccc5c4)c4cc(-c5ccc(-c6ncc7c(n6)-c6cccc8cccc-7c68)cc5)ccc34)ccc2c1. The number of benzene rings is 10. The zero-order valence-corrected chi connectivity index (χ0v) is 30.4. The topological polar surface area (TPSA) is 25.8 Å². The van der Waals surface area contributed by atoms with Gasteiger partial charge in [-0.2, -0.15) is 0 Å². The second kappa shape index (κ2) is 12.0. The lowest BCUT2D eigenvalue weighted by Crippen LogP contribution is -1.93. The third-order valence-corrected chi connectivity index (χ3v) is 11.8. The minimum absolute atomic E-state index is 0.740. The fourth-order valence-electron chi connectivity index (χ4n) is 9.17. The molecule has 1 heterocycles. The van der Waals surface area contributed by atoms with Crippen molar-refractivity contribution in [2.75, 3.05) is 0 Å². The Kier molecular flexibility index (Phi) is 6.66. The molecule has 0 unspecified atom stereocenters. The van der Waals surface area contributed by atoms with Crippen LogP contribution in [-0.2, 0) is 0 Å². The van der Waals surface area contributed by atoms with Crippen LogP contribution in [0.1, 0.15) is 0 Å². The summed E-state index contributed by atoms with van der Waals surface area (Å²) in [6.45, 7) is 0. The summed E-state index contributed by atoms with van der Waals surface area (Å²) in [7, 11) is 0. The molecule has 258 valence electrons. The molecule has 0 N–H and O–H groups in total. The van der Waals surface area contributed by atoms with Gasteiger partial charge in [0, 0.05) is 22.9 Å². The molecule has 56 heavy (non-hydrogen) atoms. The van der Waals surface area contributed by atoms with E-state index in [9.17, 15) is 0 Å². The van der Waals surface area contributed by atoms with E-state index in [-0.39, 0.29) is 0 Å². The van der Waals surface area contributed by atoms with E-state index >= 15 is 0 Å². The summed E-state index contributed by atoms with van der Waals surface area (Å²) in [4.78, 5) is 10.0. The Morgan fingerprint density at radius 1 is 0.304 bits per heavy atom. The molecule has 10 aromatic carbocycles. The minimum atomic E-state index is 0.740. The molecule has 0 aliphatic heterocycles. The van der Waals surface area contributed by atoms with Crippen molar-refractivity contribution in [3.63, 3.8) is 0 Å². The molecule has 0 amide bonds. The summed E-state index contributed by atoms with van der Waals surface area (Å²) >= 11 is 0. The Morgan fingerprint density at radius 3 is 1.50 bits per heavy atom. The number of rotatable bonds is 4. The maximum absolute atomic E-state index is 5.15. The summed E-state index contributed by atoms with van der Waals surface area (Å²) in [5.41, 5.74) is 12.8. The van der Waals surface area contributed by atoms with E-state index in [0.717, 1.165) is 28.2 Å². The predicted molar refractivity (Wildman–Crippen MR) is 236 cm³/mol. The van der Waals surface area contributed by atoms with Crippen molar-refractivity contribution in [2.45, 2.75) is 0 Å². The van der Waals surface area contributed by atoms with E-state index in [1.807, 2.05) is 6.20 Å². The van der Waals surface area contributed by atoms with Gasteiger partial charge in [-0.25, -0.2) is 9.97 Å². The van der Waals surface area contributed by atoms with Crippen LogP contribution in [0.15, 0.2) is 194 Å². The van der Waals surface area contributed by atoms with Crippen LogP contribution < -0.4 is 0 Å². The van der Waals surface area contributed by atoms with E-state index < -0.39 is 0 Å². The quantitative estimate of drug-likeness (QED) is 0.170. The van der Waals surface area contributed by atoms with Crippen molar-refractivity contribution >= 4 is 53.9 Å². The van der Waals surface area contributed by atoms with Gasteiger partial charge in [0.25, 0.3) is 0 Å². The highest BCUT2D eigenvalue weighted by atomic mass is 14.9. The minimum Gasteiger partial charge on any atom is -0.236 e. The summed E-state index contributed by atoms with van der Waals surface area (Å²) in [5.74, 6) is 0.740. The molecule has 0 spiro atoms. The zero-order valence-electron chi connectivity index (χ0n) is 30.4. The molecular weight excluding hydrogens is 677 g/mol. The Hall–Kier alpha value is -7.42. The van der Waals surface area contributed by atoms with Gasteiger partial charge < -0.3 is 0 Å². The fourth-order valence-corrected chi connectivity index (χ4v) is 9.17. The van der Waals surface area contributed by atoms with Crippen LogP contribution in [0, 0.1) is 0 Å². The van der Waals surface area contributed by atoms with Crippen molar-refractivity contribution in [1.29, 1.82) is 0 Å². The van der Waals surface area contributed by atoms with Crippen LogP contribution in [0.3, 0.4) is 0 Å². The molecule has 0 radical (unpaired) electrons. The average molecular weight is 709 g/mol. The highest BCUT2D eigenvalue weighted by molar-refractivity contribution is 6.22. The lowest BCUT2D eigenvalue weighted by Gasteiger charge is -2.19. The smallest absolute Gasteiger partial charge is 0.159 e. The van der Waals surface area contributed by atoms with Gasteiger partial charge in [0.15, 0.2) is 5.82 Å². The summed E-state index contributed by atoms with van der Waals surface area (Å²) in [6.07, 6.45) is 2.00. The van der Waals surface area contributed by atoms with Crippen LogP contribution in [-0.4, -0.2) is 9.97 Å². The highest BCUT2D eigenvalue weighted by Crippen LogP contribution is 2.47. The van der Waals surface area contributed by atoms with Crippen molar-refractivity contribution in [2.24, 2.45) is 0 Å². The molecular formula is C54H32N2. The van der Waals surface area contributed by atoms with Gasteiger partial charge in [-0.1, -0.05) is 170 Å². The zero-order chi connectivity index (χ0) is 36.7. The third kappa shape index (κ3) is 4.69. The number of hydrogen-bond acceptors (Lipinski definition) is 2. The molecule has 0 bridgehead atoms. The van der Waals surface area contributed by atoms with Crippen LogP contribution in [0.5, 0.6) is 0 Å². The highest BCUT2D eigenvalue weighted by Gasteiger charge is 2.24. The van der Waals surface area contributed by atoms with E-state index in [1.54, 1.807) is 0 Å². The Labute approximate surface area is 324 Å². The summed E-state index contributed by atoms with van der Waals surface area (Å²) in [5, 5.41) is 12.5. The molecule has 0 fully saturated rings. The van der Waals surface area contributed by atoms with E-state index in [4.69, 9.17) is 9.97 Å². The van der Waals surface area contributed by atoms with Crippen LogP contribution in [0.4, 0.5) is 0 Å². The summed E-state index contributed by atoms with van der Waals surface area (Å²) in [6, 6.07) is 68.7. The molecule has 0 saturated carbocycles. The number of fused-ring (bicyclic) bond motifs is 7. The fraction of sp³-hybridized carbons (Fsp3) is 0. The van der Waals surface area contributed by atoms with Crippen LogP contribution in [0.25, 0.3) is 121 Å². The van der Waals surface area contributed by atoms with E-state index in [1.165, 1.54) is 92.8 Å². The van der Waals surface area contributed by atoms with Gasteiger partial charge >= 0.3 is 0 Å². The second-order valence-corrected chi connectivity index (χ2v) is 14.9. The summed E-state index contributed by atoms with van der Waals surface area (Å²) < 4.78 is 0. The Bertz CT molecular complexity index is 3410. The normalized spacial score (nSPS) is 11.9. The lowest BCUT2D eigenvalue weighted by molar-refractivity contribution is 1.19. The van der Waals surface area contributed by atoms with Crippen molar-refractivity contribution < 1.29 is 0 Å². The average Bonchev–Trinajstić information content (AvgIpc) is 3.59. The van der Waals surface area contributed by atoms with Crippen molar-refractivity contribution in [3.05, 3.63) is 194 Å². The molecule has 12 rings (SSSR count). The monoisotopic (exact) mass is 708 g/mol. The maximum Gasteiger partial charge on any atom is 0.159 e. The lowest BCUT2D eigenvalue weighted by atomic mass is 9.84. The second-order valence-electron chi connectivity index (χ2n) is 14.9. The van der Waals surface area contributed by atoms with Crippen molar-refractivity contribution in [1.82, 2.24) is 9.97 Å². The standard InChI is InChI=1S/C54H32N2/c1-3-11-38-29-41(25-21-33(38)9-1)51-43-15-5-6-16-44(43)52(42-26-22-34-10-2-4-12-39(34)30-42)48-31-40(27-28-46(48)51)35-19-23-37(24-20-35)54-55-32-49-45-17-7-13-36-14-8-18-47(50(36)45)53(49)56-54/h1-32H. The molecule has 0 saturated heterocycles. The molecule has 1 aliphatic rings. The third-order valence-electron chi connectivity index (χ3n) is 11.8. The first-order valence-electron chi connectivity index (χ1n) is 19.2. The van der Waals surface area contributed by atoms with Gasteiger partial charge in [0.2, 0.25) is 0 Å². The van der Waals surface area contributed by atoms with Crippen LogP contribution >= 0.6 is 0 Å². The van der Waals surface area contributed by atoms with E-state index in [0.29, 0.717) is 0 Å². The maximum atomic E-state index is 5.15. The van der Waals surface area contributed by atoms with Gasteiger partial charge in [-0.05, 0) is 111 Å². The van der Waals surface area contributed by atoms with Crippen molar-refractivity contribution in [3.8, 4) is 67.2 Å². The number of nitrogens with zero attached hydrogens (tertiary/aromatic N) is 2. The van der Waals surface area contributed by atoms with Crippen LogP contribution in [0.2, 0.25) is 0 Å². The number of hydrogen-bond donors (Lipinski definition) is 0. The molecule has 2 nitrogen and oxygen atoms in total. The van der Waals surface area contributed by atoms with Gasteiger partial charge in [0.05, 0.1) is 5.69 Å². The predicted octanol–water partition coefficient (Wildman–Crippen LogP) is 14.6. The van der Waals surface area contributed by atoms with Gasteiger partial charge in [0.1, 0.15) is 0 Å². The molecule has 1 aliphatic carbocycles. The number of aromatic nitrogens is 2. The largest absolute Gasteiger partial charge is 0.236 e. The molecule has 0 atom stereocenters.